The second kappa shape index (κ2) is 12.3. The zero-order valence-electron chi connectivity index (χ0n) is 22.3. The van der Waals surface area contributed by atoms with Crippen molar-refractivity contribution in [2.75, 3.05) is 54.5 Å². The molecule has 0 aliphatic carbocycles. The maximum Gasteiger partial charge on any atom is 0.262 e. The van der Waals surface area contributed by atoms with Crippen LogP contribution in [0.25, 0.3) is 12.2 Å². The van der Waals surface area contributed by atoms with Crippen LogP contribution in [0.5, 0.6) is 40.2 Å². The van der Waals surface area contributed by atoms with Gasteiger partial charge in [-0.1, -0.05) is 12.2 Å². The van der Waals surface area contributed by atoms with Gasteiger partial charge >= 0.3 is 0 Å². The Morgan fingerprint density at radius 3 is 1.50 bits per heavy atom. The standard InChI is InChI=1S/C27H31NO9S/c1-31-21-11-10-19(16-22(21)32-2)38(29,30)28-20-12-17(13-23(33-3)26(20)36-6)8-9-18-14-24(34-4)27(37-7)25(15-18)35-5/h8-16,28H,1-7H3/b9-8-. The van der Waals surface area contributed by atoms with Crippen molar-refractivity contribution in [1.82, 2.24) is 0 Å². The Morgan fingerprint density at radius 1 is 0.553 bits per heavy atom. The summed E-state index contributed by atoms with van der Waals surface area (Å²) in [7, 11) is 6.38. The molecular weight excluding hydrogens is 514 g/mol. The van der Waals surface area contributed by atoms with Crippen molar-refractivity contribution in [3.8, 4) is 40.2 Å². The summed E-state index contributed by atoms with van der Waals surface area (Å²) in [6.45, 7) is 0. The number of hydrogen-bond acceptors (Lipinski definition) is 9. The molecule has 0 aromatic heterocycles. The van der Waals surface area contributed by atoms with Crippen LogP contribution in [-0.2, 0) is 10.0 Å². The van der Waals surface area contributed by atoms with E-state index in [0.29, 0.717) is 34.3 Å². The Labute approximate surface area is 222 Å². The molecule has 38 heavy (non-hydrogen) atoms. The van der Waals surface area contributed by atoms with Crippen LogP contribution in [0, 0.1) is 0 Å². The molecule has 0 unspecified atom stereocenters. The summed E-state index contributed by atoms with van der Waals surface area (Å²) in [5, 5.41) is 0. The first-order chi connectivity index (χ1) is 18.2. The van der Waals surface area contributed by atoms with Crippen molar-refractivity contribution in [3.05, 3.63) is 53.6 Å². The van der Waals surface area contributed by atoms with Gasteiger partial charge in [0.25, 0.3) is 10.0 Å². The lowest BCUT2D eigenvalue weighted by Crippen LogP contribution is -2.14. The molecule has 0 saturated heterocycles. The van der Waals surface area contributed by atoms with E-state index in [4.69, 9.17) is 33.2 Å². The molecule has 0 spiro atoms. The number of benzene rings is 3. The number of hydrogen-bond donors (Lipinski definition) is 1. The zero-order valence-corrected chi connectivity index (χ0v) is 23.1. The van der Waals surface area contributed by atoms with Gasteiger partial charge in [0.1, 0.15) is 0 Å². The van der Waals surface area contributed by atoms with Crippen molar-refractivity contribution in [2.24, 2.45) is 0 Å². The first-order valence-electron chi connectivity index (χ1n) is 11.2. The summed E-state index contributed by atoms with van der Waals surface area (Å²) in [5.41, 5.74) is 1.59. The molecule has 3 rings (SSSR count). The van der Waals surface area contributed by atoms with E-state index in [1.165, 1.54) is 68.0 Å². The lowest BCUT2D eigenvalue weighted by Gasteiger charge is -2.16. The Balaban J connectivity index is 2.04. The van der Waals surface area contributed by atoms with Crippen LogP contribution in [-0.4, -0.2) is 58.2 Å². The van der Waals surface area contributed by atoms with Crippen LogP contribution in [0.4, 0.5) is 5.69 Å². The highest BCUT2D eigenvalue weighted by Crippen LogP contribution is 2.40. The lowest BCUT2D eigenvalue weighted by molar-refractivity contribution is 0.324. The second-order valence-electron chi connectivity index (χ2n) is 7.72. The van der Waals surface area contributed by atoms with E-state index in [2.05, 4.69) is 4.72 Å². The average molecular weight is 546 g/mol. The highest BCUT2D eigenvalue weighted by molar-refractivity contribution is 7.92. The maximum absolute atomic E-state index is 13.3. The summed E-state index contributed by atoms with van der Waals surface area (Å²) in [4.78, 5) is -0.0189. The Morgan fingerprint density at radius 2 is 1.03 bits per heavy atom. The van der Waals surface area contributed by atoms with Crippen LogP contribution >= 0.6 is 0 Å². The molecule has 0 saturated carbocycles. The molecule has 0 fully saturated rings. The monoisotopic (exact) mass is 545 g/mol. The SMILES string of the molecule is COc1ccc(S(=O)(=O)Nc2cc(/C=C\c3cc(OC)c(OC)c(OC)c3)cc(OC)c2OC)cc1OC. The first-order valence-corrected chi connectivity index (χ1v) is 12.7. The van der Waals surface area contributed by atoms with E-state index in [1.54, 1.807) is 30.3 Å². The second-order valence-corrected chi connectivity index (χ2v) is 9.40. The normalized spacial score (nSPS) is 11.1. The van der Waals surface area contributed by atoms with Gasteiger partial charge in [0.05, 0.1) is 60.4 Å². The van der Waals surface area contributed by atoms with Gasteiger partial charge in [-0.15, -0.1) is 0 Å². The fourth-order valence-electron chi connectivity index (χ4n) is 3.74. The van der Waals surface area contributed by atoms with E-state index < -0.39 is 10.0 Å². The summed E-state index contributed by atoms with van der Waals surface area (Å²) in [6, 6.07) is 11.2. The lowest BCUT2D eigenvalue weighted by atomic mass is 10.1. The minimum Gasteiger partial charge on any atom is -0.493 e. The molecule has 0 amide bonds. The number of sulfonamides is 1. The quantitative estimate of drug-likeness (QED) is 0.323. The number of anilines is 1. The molecule has 10 nitrogen and oxygen atoms in total. The minimum absolute atomic E-state index is 0.0189. The Bertz CT molecular complexity index is 1390. The average Bonchev–Trinajstić information content (AvgIpc) is 2.94. The Kier molecular flexibility index (Phi) is 9.19. The smallest absolute Gasteiger partial charge is 0.262 e. The highest BCUT2D eigenvalue weighted by atomic mass is 32.2. The van der Waals surface area contributed by atoms with E-state index >= 15 is 0 Å². The summed E-state index contributed by atoms with van der Waals surface area (Å²) < 4.78 is 66.7. The first kappa shape index (κ1) is 28.3. The van der Waals surface area contributed by atoms with Crippen LogP contribution < -0.4 is 37.9 Å². The molecule has 0 aliphatic heterocycles. The maximum atomic E-state index is 13.3. The molecule has 3 aromatic rings. The molecule has 204 valence electrons. The molecule has 1 N–H and O–H groups in total. The van der Waals surface area contributed by atoms with Gasteiger partial charge in [0, 0.05) is 6.07 Å². The van der Waals surface area contributed by atoms with Gasteiger partial charge < -0.3 is 33.2 Å². The van der Waals surface area contributed by atoms with Crippen LogP contribution in [0.2, 0.25) is 0 Å². The van der Waals surface area contributed by atoms with Crippen LogP contribution in [0.1, 0.15) is 11.1 Å². The summed E-state index contributed by atoms with van der Waals surface area (Å²) >= 11 is 0. The van der Waals surface area contributed by atoms with E-state index in [-0.39, 0.29) is 22.1 Å². The largest absolute Gasteiger partial charge is 0.493 e. The molecule has 0 atom stereocenters. The van der Waals surface area contributed by atoms with Gasteiger partial charge in [0.15, 0.2) is 34.5 Å². The van der Waals surface area contributed by atoms with Crippen molar-refractivity contribution in [1.29, 1.82) is 0 Å². The number of rotatable bonds is 12. The predicted octanol–water partition coefficient (Wildman–Crippen LogP) is 4.72. The van der Waals surface area contributed by atoms with E-state index in [9.17, 15) is 8.42 Å². The molecular formula is C27H31NO9S. The van der Waals surface area contributed by atoms with Gasteiger partial charge in [-0.3, -0.25) is 4.72 Å². The minimum atomic E-state index is -4.03. The van der Waals surface area contributed by atoms with E-state index in [1.807, 2.05) is 6.08 Å². The molecule has 0 heterocycles. The predicted molar refractivity (Wildman–Crippen MR) is 145 cm³/mol. The number of nitrogens with one attached hydrogen (secondary N) is 1. The number of methoxy groups -OCH3 is 7. The zero-order chi connectivity index (χ0) is 27.9. The molecule has 0 radical (unpaired) electrons. The molecule has 0 bridgehead atoms. The highest BCUT2D eigenvalue weighted by Gasteiger charge is 2.21. The van der Waals surface area contributed by atoms with Crippen LogP contribution in [0.15, 0.2) is 47.4 Å². The van der Waals surface area contributed by atoms with Gasteiger partial charge in [-0.2, -0.15) is 0 Å². The third-order valence-corrected chi connectivity index (χ3v) is 6.93. The van der Waals surface area contributed by atoms with Crippen molar-refractivity contribution >= 4 is 27.9 Å². The summed E-state index contributed by atoms with van der Waals surface area (Å²) in [6.07, 6.45) is 3.61. The molecule has 3 aromatic carbocycles. The summed E-state index contributed by atoms with van der Waals surface area (Å²) in [5.74, 6) is 2.73. The molecule has 11 heteroatoms. The van der Waals surface area contributed by atoms with Crippen molar-refractivity contribution < 1.29 is 41.6 Å². The number of ether oxygens (including phenoxy) is 7. The third-order valence-electron chi connectivity index (χ3n) is 5.57. The van der Waals surface area contributed by atoms with Crippen LogP contribution in [0.3, 0.4) is 0 Å². The van der Waals surface area contributed by atoms with Gasteiger partial charge in [-0.25, -0.2) is 8.42 Å². The fourth-order valence-corrected chi connectivity index (χ4v) is 4.80. The van der Waals surface area contributed by atoms with Crippen molar-refractivity contribution in [3.63, 3.8) is 0 Å². The van der Waals surface area contributed by atoms with Gasteiger partial charge in [-0.05, 0) is 47.5 Å². The van der Waals surface area contributed by atoms with Gasteiger partial charge in [0.2, 0.25) is 5.75 Å². The molecule has 0 aliphatic rings. The topological polar surface area (TPSA) is 111 Å². The van der Waals surface area contributed by atoms with E-state index in [0.717, 1.165) is 5.56 Å². The van der Waals surface area contributed by atoms with Crippen molar-refractivity contribution in [2.45, 2.75) is 4.90 Å². The third kappa shape index (κ3) is 6.00. The fraction of sp³-hybridized carbons (Fsp3) is 0.259. The Hall–Kier alpha value is -4.25.